The molecule has 5 heteroatoms. The van der Waals surface area contributed by atoms with E-state index in [0.717, 1.165) is 18.0 Å². The molecule has 0 spiro atoms. The summed E-state index contributed by atoms with van der Waals surface area (Å²) in [5.74, 6) is 0.509. The molecule has 20 heavy (non-hydrogen) atoms. The smallest absolute Gasteiger partial charge is 0.274 e. The molecule has 0 fully saturated rings. The monoisotopic (exact) mass is 271 g/mol. The molecule has 0 unspecified atom stereocenters. The van der Waals surface area contributed by atoms with E-state index in [1.807, 2.05) is 13.0 Å². The van der Waals surface area contributed by atoms with E-state index in [0.29, 0.717) is 11.4 Å². The van der Waals surface area contributed by atoms with Gasteiger partial charge in [-0.2, -0.15) is 0 Å². The van der Waals surface area contributed by atoms with Gasteiger partial charge in [0.2, 0.25) is 0 Å². The van der Waals surface area contributed by atoms with Crippen LogP contribution in [0.15, 0.2) is 42.6 Å². The van der Waals surface area contributed by atoms with Crippen molar-refractivity contribution in [2.75, 3.05) is 24.3 Å². The molecule has 0 aliphatic carbocycles. The molecule has 0 bridgehead atoms. The molecular weight excluding hydrogens is 254 g/mol. The molecule has 2 N–H and O–H groups in total. The zero-order valence-electron chi connectivity index (χ0n) is 11.5. The molecule has 0 saturated heterocycles. The predicted octanol–water partition coefficient (Wildman–Crippen LogP) is 2.77. The third-order valence-electron chi connectivity index (χ3n) is 2.72. The van der Waals surface area contributed by atoms with Crippen LogP contribution in [0.3, 0.4) is 0 Å². The Labute approximate surface area is 118 Å². The molecule has 104 valence electrons. The van der Waals surface area contributed by atoms with Crippen molar-refractivity contribution in [3.05, 3.63) is 48.3 Å². The van der Waals surface area contributed by atoms with Crippen LogP contribution in [0.1, 0.15) is 17.4 Å². The first-order valence-electron chi connectivity index (χ1n) is 6.38. The van der Waals surface area contributed by atoms with Crippen molar-refractivity contribution in [1.82, 2.24) is 4.98 Å². The number of ether oxygens (including phenoxy) is 1. The van der Waals surface area contributed by atoms with E-state index >= 15 is 0 Å². The number of carbonyl (C=O) groups is 1. The van der Waals surface area contributed by atoms with E-state index in [-0.39, 0.29) is 5.91 Å². The summed E-state index contributed by atoms with van der Waals surface area (Å²) in [6.07, 6.45) is 1.65. The first-order valence-corrected chi connectivity index (χ1v) is 6.38. The number of hydrogen-bond acceptors (Lipinski definition) is 4. The standard InChI is InChI=1S/C15H17N3O2/c1-3-16-12-6-9-14(17-10-12)15(19)18-11-4-7-13(20-2)8-5-11/h4-10,16H,3H2,1-2H3,(H,18,19). The third kappa shape index (κ3) is 3.47. The fourth-order valence-corrected chi connectivity index (χ4v) is 1.71. The number of methoxy groups -OCH3 is 1. The number of benzene rings is 1. The van der Waals surface area contributed by atoms with Gasteiger partial charge in [0.05, 0.1) is 19.0 Å². The highest BCUT2D eigenvalue weighted by Crippen LogP contribution is 2.16. The van der Waals surface area contributed by atoms with Gasteiger partial charge < -0.3 is 15.4 Å². The van der Waals surface area contributed by atoms with Crippen LogP contribution in [-0.2, 0) is 0 Å². The van der Waals surface area contributed by atoms with E-state index in [4.69, 9.17) is 4.74 Å². The number of anilines is 2. The molecule has 0 radical (unpaired) electrons. The maximum atomic E-state index is 12.0. The average Bonchev–Trinajstić information content (AvgIpc) is 2.49. The predicted molar refractivity (Wildman–Crippen MR) is 79.3 cm³/mol. The van der Waals surface area contributed by atoms with Crippen molar-refractivity contribution >= 4 is 17.3 Å². The van der Waals surface area contributed by atoms with Crippen molar-refractivity contribution in [2.24, 2.45) is 0 Å². The van der Waals surface area contributed by atoms with Gasteiger partial charge in [-0.3, -0.25) is 4.79 Å². The van der Waals surface area contributed by atoms with Gasteiger partial charge in [0.25, 0.3) is 5.91 Å². The molecule has 0 aliphatic rings. The average molecular weight is 271 g/mol. The largest absolute Gasteiger partial charge is 0.497 e. The molecule has 0 atom stereocenters. The summed E-state index contributed by atoms with van der Waals surface area (Å²) in [4.78, 5) is 16.1. The Hall–Kier alpha value is -2.56. The number of pyridine rings is 1. The van der Waals surface area contributed by atoms with Crippen LogP contribution < -0.4 is 15.4 Å². The molecule has 2 aromatic rings. The van der Waals surface area contributed by atoms with Gasteiger partial charge in [0.1, 0.15) is 11.4 Å². The number of aromatic nitrogens is 1. The minimum Gasteiger partial charge on any atom is -0.497 e. The summed E-state index contributed by atoms with van der Waals surface area (Å²) in [6, 6.07) is 10.7. The number of amides is 1. The second kappa shape index (κ2) is 6.56. The van der Waals surface area contributed by atoms with E-state index < -0.39 is 0 Å². The maximum absolute atomic E-state index is 12.0. The molecular formula is C15H17N3O2. The molecule has 1 aromatic carbocycles. The number of nitrogens with one attached hydrogen (secondary N) is 2. The molecule has 1 amide bonds. The van der Waals surface area contributed by atoms with Crippen LogP contribution >= 0.6 is 0 Å². The molecule has 1 heterocycles. The lowest BCUT2D eigenvalue weighted by molar-refractivity contribution is 0.102. The fourth-order valence-electron chi connectivity index (χ4n) is 1.71. The number of rotatable bonds is 5. The number of carbonyl (C=O) groups excluding carboxylic acids is 1. The Bertz CT molecular complexity index is 565. The summed E-state index contributed by atoms with van der Waals surface area (Å²) in [7, 11) is 1.60. The first kappa shape index (κ1) is 13.9. The van der Waals surface area contributed by atoms with Crippen molar-refractivity contribution in [1.29, 1.82) is 0 Å². The van der Waals surface area contributed by atoms with Gasteiger partial charge in [-0.05, 0) is 43.3 Å². The minimum atomic E-state index is -0.238. The zero-order valence-corrected chi connectivity index (χ0v) is 11.5. The fraction of sp³-hybridized carbons (Fsp3) is 0.200. The molecule has 1 aromatic heterocycles. The lowest BCUT2D eigenvalue weighted by atomic mass is 10.2. The van der Waals surface area contributed by atoms with Gasteiger partial charge in [0, 0.05) is 12.2 Å². The summed E-state index contributed by atoms with van der Waals surface area (Å²) in [5.41, 5.74) is 1.98. The quantitative estimate of drug-likeness (QED) is 0.877. The van der Waals surface area contributed by atoms with E-state index in [9.17, 15) is 4.79 Å². The highest BCUT2D eigenvalue weighted by Gasteiger charge is 2.07. The summed E-state index contributed by atoms with van der Waals surface area (Å²) < 4.78 is 5.06. The number of nitrogens with zero attached hydrogens (tertiary/aromatic N) is 1. The van der Waals surface area contributed by atoms with Crippen molar-refractivity contribution in [3.63, 3.8) is 0 Å². The Morgan fingerprint density at radius 3 is 2.40 bits per heavy atom. The van der Waals surface area contributed by atoms with Crippen molar-refractivity contribution < 1.29 is 9.53 Å². The Morgan fingerprint density at radius 1 is 1.15 bits per heavy atom. The van der Waals surface area contributed by atoms with Gasteiger partial charge in [-0.15, -0.1) is 0 Å². The van der Waals surface area contributed by atoms with Crippen molar-refractivity contribution in [2.45, 2.75) is 6.92 Å². The van der Waals surface area contributed by atoms with Gasteiger partial charge in [-0.1, -0.05) is 0 Å². The second-order valence-corrected chi connectivity index (χ2v) is 4.15. The van der Waals surface area contributed by atoms with Crippen LogP contribution in [0.4, 0.5) is 11.4 Å². The molecule has 0 aliphatic heterocycles. The molecule has 0 saturated carbocycles. The van der Waals surface area contributed by atoms with E-state index in [1.165, 1.54) is 0 Å². The highest BCUT2D eigenvalue weighted by molar-refractivity contribution is 6.02. The second-order valence-electron chi connectivity index (χ2n) is 4.15. The Balaban J connectivity index is 2.03. The van der Waals surface area contributed by atoms with Gasteiger partial charge >= 0.3 is 0 Å². The summed E-state index contributed by atoms with van der Waals surface area (Å²) in [5, 5.41) is 5.91. The lowest BCUT2D eigenvalue weighted by Crippen LogP contribution is -2.13. The van der Waals surface area contributed by atoms with Crippen LogP contribution in [0, 0.1) is 0 Å². The maximum Gasteiger partial charge on any atom is 0.274 e. The summed E-state index contributed by atoms with van der Waals surface area (Å²) in [6.45, 7) is 2.82. The van der Waals surface area contributed by atoms with Crippen LogP contribution in [0.2, 0.25) is 0 Å². The molecule has 5 nitrogen and oxygen atoms in total. The van der Waals surface area contributed by atoms with Crippen LogP contribution in [-0.4, -0.2) is 24.5 Å². The van der Waals surface area contributed by atoms with Crippen LogP contribution in [0.5, 0.6) is 5.75 Å². The first-order chi connectivity index (χ1) is 9.72. The molecule has 2 rings (SSSR count). The van der Waals surface area contributed by atoms with Crippen LogP contribution in [0.25, 0.3) is 0 Å². The summed E-state index contributed by atoms with van der Waals surface area (Å²) >= 11 is 0. The SMILES string of the molecule is CCNc1ccc(C(=O)Nc2ccc(OC)cc2)nc1. The third-order valence-corrected chi connectivity index (χ3v) is 2.72. The normalized spacial score (nSPS) is 9.90. The van der Waals surface area contributed by atoms with Gasteiger partial charge in [0.15, 0.2) is 0 Å². The minimum absolute atomic E-state index is 0.238. The lowest BCUT2D eigenvalue weighted by Gasteiger charge is -2.07. The number of hydrogen-bond donors (Lipinski definition) is 2. The Kier molecular flexibility index (Phi) is 4.55. The van der Waals surface area contributed by atoms with E-state index in [2.05, 4.69) is 15.6 Å². The van der Waals surface area contributed by atoms with Gasteiger partial charge in [-0.25, -0.2) is 4.98 Å². The van der Waals surface area contributed by atoms with Crippen molar-refractivity contribution in [3.8, 4) is 5.75 Å². The van der Waals surface area contributed by atoms with E-state index in [1.54, 1.807) is 43.6 Å². The zero-order chi connectivity index (χ0) is 14.4. The topological polar surface area (TPSA) is 63.2 Å². The highest BCUT2D eigenvalue weighted by atomic mass is 16.5. The Morgan fingerprint density at radius 2 is 1.85 bits per heavy atom.